The first kappa shape index (κ1) is 24.3. The molecule has 4 aromatic carbocycles. The molecule has 0 saturated heterocycles. The maximum absolute atomic E-state index is 14.8. The minimum atomic E-state index is -0.152. The topological polar surface area (TPSA) is 78.3 Å². The molecule has 0 spiro atoms. The highest BCUT2D eigenvalue weighted by Crippen LogP contribution is 2.33. The monoisotopic (exact) mass is 545 g/mol. The predicted molar refractivity (Wildman–Crippen MR) is 174 cm³/mol. The summed E-state index contributed by atoms with van der Waals surface area (Å²) in [6.45, 7) is 0. The molecule has 4 heterocycles. The van der Waals surface area contributed by atoms with Crippen molar-refractivity contribution >= 4 is 61.1 Å². The van der Waals surface area contributed by atoms with E-state index in [0.29, 0.717) is 11.3 Å². The van der Waals surface area contributed by atoms with Crippen LogP contribution < -0.4 is 5.56 Å². The maximum Gasteiger partial charge on any atom is 0.268 e. The molecule has 0 aliphatic carbocycles. The molecule has 7 aromatic rings. The van der Waals surface area contributed by atoms with E-state index in [1.807, 2.05) is 84.9 Å². The standard InChI is InChI=1S/C36H27N5O/c42-35-31-25-17-7-9-21-29(25)37-32(31)33-34(26-18-8-10-22-30(26)38-33)41(35)36-39-27(23-13-3-1-4-14-23)19-11-12-20-28(40-36)24-15-5-2-6-16-24/h1-10,13-19,21-22,37-38H,11-12,20H2/b27-19+,39-36?,40-28?. The molecule has 42 heavy (non-hydrogen) atoms. The predicted octanol–water partition coefficient (Wildman–Crippen LogP) is 8.04. The van der Waals surface area contributed by atoms with Crippen molar-refractivity contribution in [2.75, 3.05) is 0 Å². The van der Waals surface area contributed by atoms with Crippen LogP contribution in [0.5, 0.6) is 0 Å². The van der Waals surface area contributed by atoms with Crippen LogP contribution in [0.15, 0.2) is 130 Å². The van der Waals surface area contributed by atoms with E-state index < -0.39 is 0 Å². The molecule has 8 rings (SSSR count). The molecule has 202 valence electrons. The summed E-state index contributed by atoms with van der Waals surface area (Å²) in [5, 5.41) is 2.44. The Bertz CT molecular complexity index is 2280. The van der Waals surface area contributed by atoms with Crippen LogP contribution in [0.1, 0.15) is 30.4 Å². The molecule has 0 atom stereocenters. The van der Waals surface area contributed by atoms with E-state index in [2.05, 4.69) is 40.3 Å². The highest BCUT2D eigenvalue weighted by atomic mass is 16.1. The van der Waals surface area contributed by atoms with E-state index in [-0.39, 0.29) is 5.56 Å². The van der Waals surface area contributed by atoms with Crippen molar-refractivity contribution in [1.29, 1.82) is 0 Å². The van der Waals surface area contributed by atoms with E-state index in [0.717, 1.165) is 80.2 Å². The van der Waals surface area contributed by atoms with Crippen molar-refractivity contribution < 1.29 is 0 Å². The van der Waals surface area contributed by atoms with Gasteiger partial charge in [-0.25, -0.2) is 14.6 Å². The van der Waals surface area contributed by atoms with Gasteiger partial charge in [0.2, 0.25) is 5.96 Å². The van der Waals surface area contributed by atoms with Gasteiger partial charge in [-0.3, -0.25) is 4.79 Å². The number of rotatable bonds is 2. The molecule has 3 aromatic heterocycles. The number of nitrogens with zero attached hydrogens (tertiary/aromatic N) is 3. The highest BCUT2D eigenvalue weighted by molar-refractivity contribution is 6.22. The first-order chi connectivity index (χ1) is 20.8. The van der Waals surface area contributed by atoms with E-state index >= 15 is 0 Å². The zero-order valence-electron chi connectivity index (χ0n) is 22.8. The van der Waals surface area contributed by atoms with Gasteiger partial charge in [0.05, 0.1) is 33.3 Å². The van der Waals surface area contributed by atoms with E-state index in [4.69, 9.17) is 9.98 Å². The fraction of sp³-hybridized carbons (Fsp3) is 0.0833. The van der Waals surface area contributed by atoms with Crippen LogP contribution in [0.4, 0.5) is 0 Å². The Morgan fingerprint density at radius 3 is 2.02 bits per heavy atom. The van der Waals surface area contributed by atoms with Gasteiger partial charge in [-0.1, -0.05) is 103 Å². The molecule has 6 heteroatoms. The summed E-state index contributed by atoms with van der Waals surface area (Å²) in [7, 11) is 0. The smallest absolute Gasteiger partial charge is 0.268 e. The molecule has 0 saturated carbocycles. The lowest BCUT2D eigenvalue weighted by Crippen LogP contribution is -2.27. The van der Waals surface area contributed by atoms with Gasteiger partial charge in [0, 0.05) is 21.8 Å². The van der Waals surface area contributed by atoms with Crippen molar-refractivity contribution in [2.24, 2.45) is 9.98 Å². The summed E-state index contributed by atoms with van der Waals surface area (Å²) in [6.07, 6.45) is 4.71. The van der Waals surface area contributed by atoms with Crippen LogP contribution in [0.3, 0.4) is 0 Å². The first-order valence-electron chi connectivity index (χ1n) is 14.3. The number of benzene rings is 4. The zero-order valence-corrected chi connectivity index (χ0v) is 22.8. The van der Waals surface area contributed by atoms with Gasteiger partial charge in [-0.15, -0.1) is 0 Å². The van der Waals surface area contributed by atoms with Crippen LogP contribution in [0, 0.1) is 0 Å². The van der Waals surface area contributed by atoms with Crippen LogP contribution in [0.2, 0.25) is 0 Å². The second-order valence-electron chi connectivity index (χ2n) is 10.6. The second-order valence-corrected chi connectivity index (χ2v) is 10.6. The summed E-state index contributed by atoms with van der Waals surface area (Å²) in [5.41, 5.74) is 7.86. The first-order valence-corrected chi connectivity index (χ1v) is 14.3. The molecule has 0 radical (unpaired) electrons. The largest absolute Gasteiger partial charge is 0.353 e. The number of aromatic nitrogens is 3. The number of aliphatic imine (C=N–C) groups is 2. The van der Waals surface area contributed by atoms with E-state index in [9.17, 15) is 4.79 Å². The van der Waals surface area contributed by atoms with Crippen molar-refractivity contribution in [3.8, 4) is 0 Å². The number of allylic oxidation sites excluding steroid dienone is 1. The number of hydrogen-bond acceptors (Lipinski definition) is 3. The lowest BCUT2D eigenvalue weighted by molar-refractivity contribution is 0.895. The zero-order chi connectivity index (χ0) is 28.0. The van der Waals surface area contributed by atoms with Gasteiger partial charge in [0.1, 0.15) is 0 Å². The molecule has 0 unspecified atom stereocenters. The minimum absolute atomic E-state index is 0.152. The van der Waals surface area contributed by atoms with Gasteiger partial charge in [0.15, 0.2) is 0 Å². The number of pyridine rings is 1. The number of aromatic amines is 2. The Labute approximate surface area is 241 Å². The summed E-state index contributed by atoms with van der Waals surface area (Å²) in [6, 6.07) is 36.4. The van der Waals surface area contributed by atoms with Gasteiger partial charge >= 0.3 is 0 Å². The van der Waals surface area contributed by atoms with Crippen molar-refractivity contribution in [2.45, 2.75) is 19.3 Å². The quantitative estimate of drug-likeness (QED) is 0.227. The number of para-hydroxylation sites is 2. The molecule has 6 nitrogen and oxygen atoms in total. The Balaban J connectivity index is 1.54. The number of nitrogens with one attached hydrogen (secondary N) is 2. The minimum Gasteiger partial charge on any atom is -0.353 e. The Hall–Kier alpha value is -5.49. The van der Waals surface area contributed by atoms with Crippen LogP contribution >= 0.6 is 0 Å². The summed E-state index contributed by atoms with van der Waals surface area (Å²) >= 11 is 0. The summed E-state index contributed by atoms with van der Waals surface area (Å²) in [5.74, 6) is 0.359. The Kier molecular flexibility index (Phi) is 5.71. The van der Waals surface area contributed by atoms with Crippen molar-refractivity contribution in [3.63, 3.8) is 0 Å². The lowest BCUT2D eigenvalue weighted by Gasteiger charge is -2.13. The average Bonchev–Trinajstić information content (AvgIpc) is 3.64. The Morgan fingerprint density at radius 2 is 1.26 bits per heavy atom. The van der Waals surface area contributed by atoms with Gasteiger partial charge in [-0.05, 0) is 42.5 Å². The number of fused-ring (bicyclic) bond motifs is 7. The molecule has 2 N–H and O–H groups in total. The second kappa shape index (κ2) is 9.85. The maximum atomic E-state index is 14.8. The van der Waals surface area contributed by atoms with Crippen LogP contribution in [0.25, 0.3) is 49.4 Å². The Morgan fingerprint density at radius 1 is 0.643 bits per heavy atom. The van der Waals surface area contributed by atoms with E-state index in [1.165, 1.54) is 0 Å². The lowest BCUT2D eigenvalue weighted by atomic mass is 10.0. The number of hydrogen-bond donors (Lipinski definition) is 2. The summed E-state index contributed by atoms with van der Waals surface area (Å²) in [4.78, 5) is 32.4. The van der Waals surface area contributed by atoms with Gasteiger partial charge in [-0.2, -0.15) is 0 Å². The van der Waals surface area contributed by atoms with Crippen LogP contribution in [-0.4, -0.2) is 26.2 Å². The third kappa shape index (κ3) is 3.91. The molecule has 1 aliphatic rings. The highest BCUT2D eigenvalue weighted by Gasteiger charge is 2.23. The van der Waals surface area contributed by atoms with E-state index in [1.54, 1.807) is 4.57 Å². The van der Waals surface area contributed by atoms with Gasteiger partial charge < -0.3 is 9.97 Å². The molecule has 0 fully saturated rings. The van der Waals surface area contributed by atoms with Crippen LogP contribution in [-0.2, 0) is 0 Å². The van der Waals surface area contributed by atoms with Crippen molar-refractivity contribution in [1.82, 2.24) is 14.5 Å². The normalized spacial score (nSPS) is 15.7. The molecule has 0 bridgehead atoms. The molecule has 1 aliphatic heterocycles. The molecular formula is C36H27N5O. The third-order valence-corrected chi connectivity index (χ3v) is 8.06. The van der Waals surface area contributed by atoms with Gasteiger partial charge in [0.25, 0.3) is 5.56 Å². The average molecular weight is 546 g/mol. The fourth-order valence-corrected chi connectivity index (χ4v) is 6.09. The number of H-pyrrole nitrogens is 2. The molecular weight excluding hydrogens is 518 g/mol. The molecule has 0 amide bonds. The van der Waals surface area contributed by atoms with Crippen molar-refractivity contribution in [3.05, 3.63) is 137 Å². The SMILES string of the molecule is O=c1c2c3ccccc3[nH]c2c2[nH]c3ccccc3c2n1C1=N/C(c2ccccc2)=C/CCCC(c2ccccc2)=N1. The third-order valence-electron chi connectivity index (χ3n) is 8.06. The summed E-state index contributed by atoms with van der Waals surface area (Å²) < 4.78 is 1.72. The fourth-order valence-electron chi connectivity index (χ4n) is 6.09.